The minimum Gasteiger partial charge on any atom is -0.465 e. The van der Waals surface area contributed by atoms with Crippen LogP contribution in [0.1, 0.15) is 34.2 Å². The number of furan rings is 1. The van der Waals surface area contributed by atoms with Crippen molar-refractivity contribution in [2.75, 3.05) is 7.11 Å². The molecule has 76 valence electrons. The molecule has 4 heteroatoms. The van der Waals surface area contributed by atoms with Gasteiger partial charge in [-0.1, -0.05) is 0 Å². The van der Waals surface area contributed by atoms with Crippen LogP contribution in [-0.4, -0.2) is 19.1 Å². The molecular formula is C10H13NO3. The highest BCUT2D eigenvalue weighted by molar-refractivity contribution is 5.90. The molecule has 0 amide bonds. The highest BCUT2D eigenvalue weighted by Crippen LogP contribution is 2.40. The lowest BCUT2D eigenvalue weighted by Crippen LogP contribution is -2.01. The fourth-order valence-corrected chi connectivity index (χ4v) is 1.54. The van der Waals surface area contributed by atoms with E-state index in [0.717, 1.165) is 12.2 Å². The summed E-state index contributed by atoms with van der Waals surface area (Å²) in [6, 6.07) is 1.92. The summed E-state index contributed by atoms with van der Waals surface area (Å²) in [5, 5.41) is 0. The molecule has 1 aromatic heterocycles. The largest absolute Gasteiger partial charge is 0.465 e. The van der Waals surface area contributed by atoms with Gasteiger partial charge in [0.15, 0.2) is 0 Å². The molecule has 1 aliphatic carbocycles. The predicted octanol–water partition coefficient (Wildman–Crippen LogP) is 1.19. The van der Waals surface area contributed by atoms with Crippen LogP contribution in [0.25, 0.3) is 0 Å². The summed E-state index contributed by atoms with van der Waals surface area (Å²) in [5.74, 6) is 1.33. The number of esters is 1. The molecular weight excluding hydrogens is 182 g/mol. The minimum absolute atomic E-state index is 0.186. The van der Waals surface area contributed by atoms with Crippen LogP contribution in [0.2, 0.25) is 0 Å². The maximum absolute atomic E-state index is 11.3. The maximum Gasteiger partial charge on any atom is 0.341 e. The Labute approximate surface area is 82.0 Å². The molecule has 0 bridgehead atoms. The molecule has 2 unspecified atom stereocenters. The van der Waals surface area contributed by atoms with Crippen LogP contribution in [0.15, 0.2) is 10.5 Å². The zero-order valence-corrected chi connectivity index (χ0v) is 8.24. The molecule has 1 aliphatic rings. The molecule has 2 N–H and O–H groups in total. The van der Waals surface area contributed by atoms with Crippen LogP contribution in [0, 0.1) is 6.92 Å². The van der Waals surface area contributed by atoms with E-state index in [-0.39, 0.29) is 17.9 Å². The number of hydrogen-bond acceptors (Lipinski definition) is 4. The van der Waals surface area contributed by atoms with Gasteiger partial charge in [0.25, 0.3) is 0 Å². The van der Waals surface area contributed by atoms with Crippen molar-refractivity contribution in [3.8, 4) is 0 Å². The molecule has 0 aliphatic heterocycles. The van der Waals surface area contributed by atoms with Gasteiger partial charge in [0.2, 0.25) is 0 Å². The van der Waals surface area contributed by atoms with Crippen LogP contribution in [0.5, 0.6) is 0 Å². The molecule has 0 saturated heterocycles. The van der Waals surface area contributed by atoms with Crippen LogP contribution in [0.4, 0.5) is 0 Å². The molecule has 1 saturated carbocycles. The second-order valence-corrected chi connectivity index (χ2v) is 3.62. The van der Waals surface area contributed by atoms with Gasteiger partial charge in [-0.25, -0.2) is 4.79 Å². The first kappa shape index (κ1) is 9.27. The SMILES string of the molecule is COC(=O)c1cc(C2CC2N)oc1C. The lowest BCUT2D eigenvalue weighted by molar-refractivity contribution is 0.0599. The van der Waals surface area contributed by atoms with Gasteiger partial charge < -0.3 is 14.9 Å². The Balaban J connectivity index is 2.25. The van der Waals surface area contributed by atoms with Gasteiger partial charge in [-0.15, -0.1) is 0 Å². The molecule has 2 rings (SSSR count). The average molecular weight is 195 g/mol. The smallest absolute Gasteiger partial charge is 0.341 e. The summed E-state index contributed by atoms with van der Waals surface area (Å²) in [4.78, 5) is 11.3. The van der Waals surface area contributed by atoms with E-state index in [0.29, 0.717) is 11.3 Å². The van der Waals surface area contributed by atoms with Crippen molar-refractivity contribution in [1.29, 1.82) is 0 Å². The number of methoxy groups -OCH3 is 1. The summed E-state index contributed by atoms with van der Waals surface area (Å²) >= 11 is 0. The van der Waals surface area contributed by atoms with Crippen molar-refractivity contribution in [3.05, 3.63) is 23.2 Å². The van der Waals surface area contributed by atoms with Crippen molar-refractivity contribution in [1.82, 2.24) is 0 Å². The third kappa shape index (κ3) is 1.42. The zero-order chi connectivity index (χ0) is 10.3. The van der Waals surface area contributed by atoms with Gasteiger partial charge in [-0.3, -0.25) is 0 Å². The highest BCUT2D eigenvalue weighted by atomic mass is 16.5. The van der Waals surface area contributed by atoms with Crippen molar-refractivity contribution >= 4 is 5.97 Å². The topological polar surface area (TPSA) is 65.5 Å². The fraction of sp³-hybridized carbons (Fsp3) is 0.500. The predicted molar refractivity (Wildman–Crippen MR) is 50.1 cm³/mol. The van der Waals surface area contributed by atoms with Gasteiger partial charge in [0.05, 0.1) is 7.11 Å². The lowest BCUT2D eigenvalue weighted by atomic mass is 10.2. The standard InChI is InChI=1S/C10H13NO3/c1-5-6(10(12)13-2)4-9(14-5)7-3-8(7)11/h4,7-8H,3,11H2,1-2H3. The Morgan fingerprint density at radius 2 is 2.36 bits per heavy atom. The summed E-state index contributed by atoms with van der Waals surface area (Å²) in [7, 11) is 1.36. The van der Waals surface area contributed by atoms with Gasteiger partial charge >= 0.3 is 5.97 Å². The van der Waals surface area contributed by atoms with Crippen molar-refractivity contribution < 1.29 is 13.9 Å². The van der Waals surface area contributed by atoms with Gasteiger partial charge in [0.1, 0.15) is 17.1 Å². The van der Waals surface area contributed by atoms with Crippen LogP contribution >= 0.6 is 0 Å². The quantitative estimate of drug-likeness (QED) is 0.720. The number of nitrogens with two attached hydrogens (primary N) is 1. The van der Waals surface area contributed by atoms with E-state index in [4.69, 9.17) is 10.2 Å². The Kier molecular flexibility index (Phi) is 2.07. The molecule has 1 aromatic rings. The number of rotatable bonds is 2. The summed E-state index contributed by atoms with van der Waals surface area (Å²) in [6.45, 7) is 1.75. The third-order valence-electron chi connectivity index (χ3n) is 2.55. The number of carbonyl (C=O) groups is 1. The van der Waals surface area contributed by atoms with E-state index in [9.17, 15) is 4.79 Å². The maximum atomic E-state index is 11.3. The highest BCUT2D eigenvalue weighted by Gasteiger charge is 2.38. The second-order valence-electron chi connectivity index (χ2n) is 3.62. The molecule has 14 heavy (non-hydrogen) atoms. The van der Waals surface area contributed by atoms with Gasteiger partial charge in [-0.05, 0) is 19.4 Å². The molecule has 0 aromatic carbocycles. The van der Waals surface area contributed by atoms with Crippen LogP contribution in [-0.2, 0) is 4.74 Å². The Bertz CT molecular complexity index is 369. The van der Waals surface area contributed by atoms with Crippen molar-refractivity contribution in [3.63, 3.8) is 0 Å². The van der Waals surface area contributed by atoms with E-state index in [1.54, 1.807) is 13.0 Å². The van der Waals surface area contributed by atoms with Gasteiger partial charge in [0, 0.05) is 12.0 Å². The summed E-state index contributed by atoms with van der Waals surface area (Å²) in [5.41, 5.74) is 6.19. The summed E-state index contributed by atoms with van der Waals surface area (Å²) in [6.07, 6.45) is 0.938. The van der Waals surface area contributed by atoms with Crippen molar-refractivity contribution in [2.24, 2.45) is 5.73 Å². The molecule has 0 radical (unpaired) electrons. The first-order chi connectivity index (χ1) is 6.63. The van der Waals surface area contributed by atoms with E-state index in [1.165, 1.54) is 7.11 Å². The van der Waals surface area contributed by atoms with E-state index in [2.05, 4.69) is 4.74 Å². The molecule has 4 nitrogen and oxygen atoms in total. The average Bonchev–Trinajstić information content (AvgIpc) is 2.75. The third-order valence-corrected chi connectivity index (χ3v) is 2.55. The van der Waals surface area contributed by atoms with Crippen LogP contribution < -0.4 is 5.73 Å². The fourth-order valence-electron chi connectivity index (χ4n) is 1.54. The normalized spacial score (nSPS) is 24.8. The number of aryl methyl sites for hydroxylation is 1. The summed E-state index contributed by atoms with van der Waals surface area (Å²) < 4.78 is 10.1. The monoisotopic (exact) mass is 195 g/mol. The van der Waals surface area contributed by atoms with E-state index in [1.807, 2.05) is 0 Å². The Morgan fingerprint density at radius 3 is 2.86 bits per heavy atom. The Morgan fingerprint density at radius 1 is 1.71 bits per heavy atom. The lowest BCUT2D eigenvalue weighted by Gasteiger charge is -1.93. The number of hydrogen-bond donors (Lipinski definition) is 1. The van der Waals surface area contributed by atoms with E-state index < -0.39 is 0 Å². The number of carbonyl (C=O) groups excluding carboxylic acids is 1. The van der Waals surface area contributed by atoms with E-state index >= 15 is 0 Å². The second kappa shape index (κ2) is 3.13. The minimum atomic E-state index is -0.355. The van der Waals surface area contributed by atoms with Crippen molar-refractivity contribution in [2.45, 2.75) is 25.3 Å². The van der Waals surface area contributed by atoms with Gasteiger partial charge in [-0.2, -0.15) is 0 Å². The molecule has 2 atom stereocenters. The molecule has 0 spiro atoms. The first-order valence-corrected chi connectivity index (χ1v) is 4.57. The first-order valence-electron chi connectivity index (χ1n) is 4.57. The zero-order valence-electron chi connectivity index (χ0n) is 8.24. The Hall–Kier alpha value is -1.29. The molecule has 1 fully saturated rings. The van der Waals surface area contributed by atoms with Crippen LogP contribution in [0.3, 0.4) is 0 Å². The molecule has 1 heterocycles. The number of ether oxygens (including phenoxy) is 1.